The van der Waals surface area contributed by atoms with E-state index in [4.69, 9.17) is 14.2 Å². The minimum absolute atomic E-state index is 0.0881. The van der Waals surface area contributed by atoms with E-state index in [2.05, 4.69) is 5.32 Å². The zero-order valence-corrected chi connectivity index (χ0v) is 14.3. The Morgan fingerprint density at radius 1 is 0.913 bits per heavy atom. The van der Waals surface area contributed by atoms with Crippen molar-refractivity contribution >= 4 is 5.91 Å². The van der Waals surface area contributed by atoms with E-state index in [9.17, 15) is 4.79 Å². The molecule has 1 aliphatic carbocycles. The Morgan fingerprint density at radius 3 is 1.91 bits per heavy atom. The number of methoxy groups -OCH3 is 3. The van der Waals surface area contributed by atoms with Gasteiger partial charge in [-0.2, -0.15) is 0 Å². The van der Waals surface area contributed by atoms with Gasteiger partial charge in [0.15, 0.2) is 11.5 Å². The lowest BCUT2D eigenvalue weighted by atomic mass is 9.96. The Hall–Kier alpha value is -1.91. The lowest BCUT2D eigenvalue weighted by Crippen LogP contribution is -2.35. The lowest BCUT2D eigenvalue weighted by molar-refractivity contribution is 0.0929. The number of benzene rings is 1. The van der Waals surface area contributed by atoms with Gasteiger partial charge in [0.1, 0.15) is 0 Å². The number of ether oxygens (including phenoxy) is 3. The third kappa shape index (κ3) is 4.53. The van der Waals surface area contributed by atoms with Gasteiger partial charge in [-0.1, -0.05) is 32.1 Å². The van der Waals surface area contributed by atoms with Gasteiger partial charge in [-0.05, 0) is 25.0 Å². The van der Waals surface area contributed by atoms with E-state index in [1.54, 1.807) is 33.5 Å². The fourth-order valence-electron chi connectivity index (χ4n) is 3.08. The first-order chi connectivity index (χ1) is 11.2. The van der Waals surface area contributed by atoms with Crippen LogP contribution in [0.4, 0.5) is 0 Å². The van der Waals surface area contributed by atoms with Crippen molar-refractivity contribution in [2.75, 3.05) is 21.3 Å². The summed E-state index contributed by atoms with van der Waals surface area (Å²) < 4.78 is 15.9. The molecule has 23 heavy (non-hydrogen) atoms. The van der Waals surface area contributed by atoms with Crippen molar-refractivity contribution in [1.29, 1.82) is 0 Å². The summed E-state index contributed by atoms with van der Waals surface area (Å²) >= 11 is 0. The lowest BCUT2D eigenvalue weighted by Gasteiger charge is -2.21. The standard InChI is InChI=1S/C18H27NO4/c1-21-15-11-13(12-16(22-2)17(15)23-3)18(20)19-14-9-7-5-4-6-8-10-14/h11-12,14H,4-10H2,1-3H3,(H,19,20). The zero-order valence-electron chi connectivity index (χ0n) is 14.3. The largest absolute Gasteiger partial charge is 0.493 e. The van der Waals surface area contributed by atoms with Crippen molar-refractivity contribution in [3.63, 3.8) is 0 Å². The molecule has 2 rings (SSSR count). The molecular weight excluding hydrogens is 294 g/mol. The van der Waals surface area contributed by atoms with Gasteiger partial charge >= 0.3 is 0 Å². The Kier molecular flexibility index (Phi) is 6.56. The van der Waals surface area contributed by atoms with Crippen LogP contribution in [-0.2, 0) is 0 Å². The van der Waals surface area contributed by atoms with Crippen molar-refractivity contribution in [2.45, 2.75) is 51.0 Å². The maximum Gasteiger partial charge on any atom is 0.251 e. The Balaban J connectivity index is 2.14. The molecule has 1 fully saturated rings. The van der Waals surface area contributed by atoms with Crippen molar-refractivity contribution in [3.8, 4) is 17.2 Å². The second kappa shape index (κ2) is 8.65. The second-order valence-electron chi connectivity index (χ2n) is 5.93. The summed E-state index contributed by atoms with van der Waals surface area (Å²) in [5.74, 6) is 1.40. The predicted octanol–water partition coefficient (Wildman–Crippen LogP) is 3.56. The first kappa shape index (κ1) is 17.4. The van der Waals surface area contributed by atoms with Crippen LogP contribution in [0.1, 0.15) is 55.3 Å². The Morgan fingerprint density at radius 2 is 1.43 bits per heavy atom. The molecular formula is C18H27NO4. The summed E-state index contributed by atoms with van der Waals surface area (Å²) in [6.45, 7) is 0. The van der Waals surface area contributed by atoms with Crippen LogP contribution in [0.25, 0.3) is 0 Å². The van der Waals surface area contributed by atoms with Crippen LogP contribution >= 0.6 is 0 Å². The highest BCUT2D eigenvalue weighted by molar-refractivity contribution is 5.95. The maximum absolute atomic E-state index is 12.6. The summed E-state index contributed by atoms with van der Waals surface area (Å²) in [4.78, 5) is 12.6. The molecule has 0 bridgehead atoms. The number of carbonyl (C=O) groups is 1. The van der Waals surface area contributed by atoms with E-state index in [1.807, 2.05) is 0 Å². The van der Waals surface area contributed by atoms with E-state index < -0.39 is 0 Å². The molecule has 1 saturated carbocycles. The Bertz CT molecular complexity index is 497. The molecule has 128 valence electrons. The fourth-order valence-corrected chi connectivity index (χ4v) is 3.08. The first-order valence-corrected chi connectivity index (χ1v) is 8.30. The molecule has 1 aliphatic rings. The molecule has 5 nitrogen and oxygen atoms in total. The monoisotopic (exact) mass is 321 g/mol. The summed E-state index contributed by atoms with van der Waals surface area (Å²) in [5, 5.41) is 3.15. The highest BCUT2D eigenvalue weighted by Gasteiger charge is 2.19. The highest BCUT2D eigenvalue weighted by Crippen LogP contribution is 2.38. The SMILES string of the molecule is COc1cc(C(=O)NC2CCCCCCC2)cc(OC)c1OC. The fraction of sp³-hybridized carbons (Fsp3) is 0.611. The van der Waals surface area contributed by atoms with Crippen molar-refractivity contribution < 1.29 is 19.0 Å². The molecule has 5 heteroatoms. The van der Waals surface area contributed by atoms with Crippen LogP contribution in [0.3, 0.4) is 0 Å². The van der Waals surface area contributed by atoms with Gasteiger partial charge < -0.3 is 19.5 Å². The number of hydrogen-bond acceptors (Lipinski definition) is 4. The molecule has 1 N–H and O–H groups in total. The molecule has 0 spiro atoms. The van der Waals surface area contributed by atoms with Crippen molar-refractivity contribution in [3.05, 3.63) is 17.7 Å². The molecule has 0 unspecified atom stereocenters. The summed E-state index contributed by atoms with van der Waals surface area (Å²) in [7, 11) is 4.65. The molecule has 1 aromatic rings. The number of carbonyl (C=O) groups excluding carboxylic acids is 1. The maximum atomic E-state index is 12.6. The van der Waals surface area contributed by atoms with Crippen LogP contribution in [0, 0.1) is 0 Å². The van der Waals surface area contributed by atoms with Gasteiger partial charge in [-0.25, -0.2) is 0 Å². The van der Waals surface area contributed by atoms with E-state index in [-0.39, 0.29) is 11.9 Å². The van der Waals surface area contributed by atoms with E-state index in [0.29, 0.717) is 22.8 Å². The quantitative estimate of drug-likeness (QED) is 0.901. The normalized spacial score (nSPS) is 16.1. The van der Waals surface area contributed by atoms with Crippen LogP contribution in [0.5, 0.6) is 17.2 Å². The summed E-state index contributed by atoms with van der Waals surface area (Å²) in [6, 6.07) is 3.64. The van der Waals surface area contributed by atoms with Crippen LogP contribution < -0.4 is 19.5 Å². The molecule has 0 saturated heterocycles. The van der Waals surface area contributed by atoms with Crippen molar-refractivity contribution in [2.24, 2.45) is 0 Å². The zero-order chi connectivity index (χ0) is 16.7. The molecule has 1 aromatic carbocycles. The van der Waals surface area contributed by atoms with E-state index in [1.165, 1.54) is 32.1 Å². The van der Waals surface area contributed by atoms with Gasteiger partial charge in [0.2, 0.25) is 5.75 Å². The molecule has 0 atom stereocenters. The average molecular weight is 321 g/mol. The smallest absolute Gasteiger partial charge is 0.251 e. The summed E-state index contributed by atoms with van der Waals surface area (Å²) in [5.41, 5.74) is 0.529. The van der Waals surface area contributed by atoms with Gasteiger partial charge in [-0.15, -0.1) is 0 Å². The van der Waals surface area contributed by atoms with E-state index >= 15 is 0 Å². The van der Waals surface area contributed by atoms with Gasteiger partial charge in [0.25, 0.3) is 5.91 Å². The van der Waals surface area contributed by atoms with Gasteiger partial charge in [0.05, 0.1) is 21.3 Å². The molecule has 1 amide bonds. The molecule has 0 radical (unpaired) electrons. The van der Waals surface area contributed by atoms with Crippen LogP contribution in [0.2, 0.25) is 0 Å². The summed E-state index contributed by atoms with van der Waals surface area (Å²) in [6.07, 6.45) is 8.30. The van der Waals surface area contributed by atoms with Gasteiger partial charge in [-0.3, -0.25) is 4.79 Å². The predicted molar refractivity (Wildman–Crippen MR) is 89.7 cm³/mol. The van der Waals surface area contributed by atoms with Crippen molar-refractivity contribution in [1.82, 2.24) is 5.32 Å². The second-order valence-corrected chi connectivity index (χ2v) is 5.93. The topological polar surface area (TPSA) is 56.8 Å². The minimum atomic E-state index is -0.0881. The minimum Gasteiger partial charge on any atom is -0.493 e. The Labute approximate surface area is 138 Å². The molecule has 0 aromatic heterocycles. The third-order valence-electron chi connectivity index (χ3n) is 4.37. The van der Waals surface area contributed by atoms with Crippen LogP contribution in [0.15, 0.2) is 12.1 Å². The first-order valence-electron chi connectivity index (χ1n) is 8.30. The van der Waals surface area contributed by atoms with Crippen LogP contribution in [-0.4, -0.2) is 33.3 Å². The number of nitrogens with one attached hydrogen (secondary N) is 1. The molecule has 0 aliphatic heterocycles. The third-order valence-corrected chi connectivity index (χ3v) is 4.37. The number of hydrogen-bond donors (Lipinski definition) is 1. The van der Waals surface area contributed by atoms with E-state index in [0.717, 1.165) is 12.8 Å². The van der Waals surface area contributed by atoms with Gasteiger partial charge in [0, 0.05) is 11.6 Å². The number of rotatable bonds is 5. The average Bonchev–Trinajstić information content (AvgIpc) is 2.55. The molecule has 0 heterocycles. The number of amides is 1. The highest BCUT2D eigenvalue weighted by atomic mass is 16.5.